The molecular weight excluding hydrogens is 364 g/mol. The van der Waals surface area contributed by atoms with Crippen molar-refractivity contribution in [3.8, 4) is 0 Å². The fourth-order valence-corrected chi connectivity index (χ4v) is 4.74. The van der Waals surface area contributed by atoms with E-state index in [0.717, 1.165) is 42.1 Å². The van der Waals surface area contributed by atoms with Crippen LogP contribution in [0.25, 0.3) is 21.8 Å². The maximum atomic E-state index is 13.2. The van der Waals surface area contributed by atoms with Gasteiger partial charge in [0.1, 0.15) is 12.1 Å². The fraction of sp³-hybridized carbons (Fsp3) is 0.522. The van der Waals surface area contributed by atoms with Gasteiger partial charge >= 0.3 is 0 Å². The van der Waals surface area contributed by atoms with Gasteiger partial charge in [0.25, 0.3) is 5.56 Å². The Labute approximate surface area is 170 Å². The largest absolute Gasteiger partial charge is 0.351 e. The van der Waals surface area contributed by atoms with Crippen molar-refractivity contribution in [1.82, 2.24) is 19.7 Å². The van der Waals surface area contributed by atoms with Gasteiger partial charge in [-0.1, -0.05) is 51.8 Å². The molecule has 1 aliphatic rings. The zero-order valence-electron chi connectivity index (χ0n) is 17.5. The van der Waals surface area contributed by atoms with Crippen molar-refractivity contribution in [2.75, 3.05) is 0 Å². The van der Waals surface area contributed by atoms with E-state index >= 15 is 0 Å². The lowest BCUT2D eigenvalue weighted by molar-refractivity contribution is -0.123. The molecule has 154 valence electrons. The molecule has 6 heteroatoms. The topological polar surface area (TPSA) is 68.9 Å². The molecule has 3 aromatic rings. The van der Waals surface area contributed by atoms with Crippen LogP contribution in [-0.2, 0) is 17.9 Å². The predicted octanol–water partition coefficient (Wildman–Crippen LogP) is 3.70. The second-order valence-electron chi connectivity index (χ2n) is 8.48. The van der Waals surface area contributed by atoms with Crippen molar-refractivity contribution in [2.24, 2.45) is 11.8 Å². The molecule has 0 bridgehead atoms. The van der Waals surface area contributed by atoms with Crippen LogP contribution < -0.4 is 10.9 Å². The van der Waals surface area contributed by atoms with Crippen LogP contribution in [0, 0.1) is 11.8 Å². The molecular formula is C23H30N4O2. The number of aryl methyl sites for hydroxylation is 1. The summed E-state index contributed by atoms with van der Waals surface area (Å²) >= 11 is 0. The first kappa shape index (κ1) is 19.7. The monoisotopic (exact) mass is 394 g/mol. The van der Waals surface area contributed by atoms with Gasteiger partial charge in [-0.3, -0.25) is 9.59 Å². The molecule has 0 saturated heterocycles. The summed E-state index contributed by atoms with van der Waals surface area (Å²) in [4.78, 5) is 25.9. The van der Waals surface area contributed by atoms with Crippen LogP contribution in [0.5, 0.6) is 0 Å². The summed E-state index contributed by atoms with van der Waals surface area (Å²) in [6, 6.07) is 8.20. The Hall–Kier alpha value is -2.63. The molecule has 1 N–H and O–H groups in total. The number of nitrogens with zero attached hydrogens (tertiary/aromatic N) is 3. The highest BCUT2D eigenvalue weighted by Crippen LogP contribution is 2.29. The maximum Gasteiger partial charge on any atom is 0.291 e. The van der Waals surface area contributed by atoms with Crippen molar-refractivity contribution in [2.45, 2.75) is 65.6 Å². The van der Waals surface area contributed by atoms with Crippen molar-refractivity contribution in [3.05, 3.63) is 40.8 Å². The molecule has 0 radical (unpaired) electrons. The molecule has 1 aromatic carbocycles. The summed E-state index contributed by atoms with van der Waals surface area (Å²) in [5.41, 5.74) is 1.47. The maximum absolute atomic E-state index is 13.2. The van der Waals surface area contributed by atoms with E-state index in [1.54, 1.807) is 6.20 Å². The zero-order valence-corrected chi connectivity index (χ0v) is 17.5. The smallest absolute Gasteiger partial charge is 0.291 e. The summed E-state index contributed by atoms with van der Waals surface area (Å²) in [6.45, 7) is 7.26. The van der Waals surface area contributed by atoms with E-state index in [1.165, 1.54) is 11.1 Å². The van der Waals surface area contributed by atoms with Crippen LogP contribution in [0.15, 0.2) is 35.3 Å². The Bertz CT molecular complexity index is 1100. The number of rotatable bonds is 5. The molecule has 1 fully saturated rings. The summed E-state index contributed by atoms with van der Waals surface area (Å²) < 4.78 is 3.37. The SMILES string of the molecule is CCCn1c2ccccc2c2cnn(CC(=O)N[C@@H]3CCC[C@H](C)[C@@H]3C)c(=O)c21. The third-order valence-corrected chi connectivity index (χ3v) is 6.57. The molecule has 6 nitrogen and oxygen atoms in total. The lowest BCUT2D eigenvalue weighted by Crippen LogP contribution is -2.45. The van der Waals surface area contributed by atoms with Gasteiger partial charge in [-0.15, -0.1) is 0 Å². The molecule has 2 aromatic heterocycles. The van der Waals surface area contributed by atoms with Crippen LogP contribution in [0.2, 0.25) is 0 Å². The van der Waals surface area contributed by atoms with Crippen LogP contribution in [0.4, 0.5) is 0 Å². The van der Waals surface area contributed by atoms with Crippen LogP contribution in [0.1, 0.15) is 46.5 Å². The van der Waals surface area contributed by atoms with Gasteiger partial charge in [-0.05, 0) is 30.7 Å². The van der Waals surface area contributed by atoms with E-state index in [2.05, 4.69) is 35.8 Å². The lowest BCUT2D eigenvalue weighted by Gasteiger charge is -2.34. The van der Waals surface area contributed by atoms with Gasteiger partial charge in [0, 0.05) is 28.9 Å². The summed E-state index contributed by atoms with van der Waals surface area (Å²) in [5.74, 6) is 0.922. The molecule has 0 spiro atoms. The number of para-hydroxylation sites is 1. The van der Waals surface area contributed by atoms with E-state index in [4.69, 9.17) is 0 Å². The highest BCUT2D eigenvalue weighted by Gasteiger charge is 2.28. The fourth-order valence-electron chi connectivity index (χ4n) is 4.74. The Balaban J connectivity index is 1.65. The van der Waals surface area contributed by atoms with E-state index in [-0.39, 0.29) is 24.1 Å². The molecule has 2 heterocycles. The molecule has 4 rings (SSSR count). The minimum absolute atomic E-state index is 0.0416. The van der Waals surface area contributed by atoms with Gasteiger partial charge in [-0.25, -0.2) is 4.68 Å². The Kier molecular flexibility index (Phi) is 5.43. The highest BCUT2D eigenvalue weighted by atomic mass is 16.2. The van der Waals surface area contributed by atoms with E-state index < -0.39 is 0 Å². The number of amides is 1. The van der Waals surface area contributed by atoms with Crippen molar-refractivity contribution >= 4 is 27.7 Å². The molecule has 1 aliphatic carbocycles. The van der Waals surface area contributed by atoms with Crippen LogP contribution in [0.3, 0.4) is 0 Å². The highest BCUT2D eigenvalue weighted by molar-refractivity contribution is 6.07. The molecule has 3 atom stereocenters. The van der Waals surface area contributed by atoms with Gasteiger partial charge in [0.2, 0.25) is 5.91 Å². The average Bonchev–Trinajstić information content (AvgIpc) is 3.03. The van der Waals surface area contributed by atoms with Gasteiger partial charge < -0.3 is 9.88 Å². The first-order valence-corrected chi connectivity index (χ1v) is 10.8. The van der Waals surface area contributed by atoms with Gasteiger partial charge in [0.05, 0.1) is 6.20 Å². The molecule has 1 saturated carbocycles. The Morgan fingerprint density at radius 3 is 2.79 bits per heavy atom. The minimum Gasteiger partial charge on any atom is -0.351 e. The Morgan fingerprint density at radius 2 is 2.00 bits per heavy atom. The van der Waals surface area contributed by atoms with Crippen LogP contribution >= 0.6 is 0 Å². The number of hydrogen-bond acceptors (Lipinski definition) is 3. The number of fused-ring (bicyclic) bond motifs is 3. The molecule has 0 unspecified atom stereocenters. The molecule has 1 amide bonds. The van der Waals surface area contributed by atoms with Crippen molar-refractivity contribution in [3.63, 3.8) is 0 Å². The summed E-state index contributed by atoms with van der Waals surface area (Å²) in [5, 5.41) is 9.35. The summed E-state index contributed by atoms with van der Waals surface area (Å²) in [6.07, 6.45) is 6.01. The number of benzene rings is 1. The Morgan fingerprint density at radius 1 is 1.21 bits per heavy atom. The summed E-state index contributed by atoms with van der Waals surface area (Å²) in [7, 11) is 0. The minimum atomic E-state index is -0.202. The second kappa shape index (κ2) is 8.01. The molecule has 29 heavy (non-hydrogen) atoms. The normalized spacial score (nSPS) is 22.2. The van der Waals surface area contributed by atoms with Crippen molar-refractivity contribution < 1.29 is 4.79 Å². The first-order valence-electron chi connectivity index (χ1n) is 10.8. The van der Waals surface area contributed by atoms with Gasteiger partial charge in [-0.2, -0.15) is 5.10 Å². The first-order chi connectivity index (χ1) is 14.0. The van der Waals surface area contributed by atoms with E-state index in [1.807, 2.05) is 24.3 Å². The van der Waals surface area contributed by atoms with E-state index in [0.29, 0.717) is 17.4 Å². The number of carbonyl (C=O) groups is 1. The molecule has 0 aliphatic heterocycles. The third kappa shape index (κ3) is 3.56. The number of aromatic nitrogens is 3. The van der Waals surface area contributed by atoms with E-state index in [9.17, 15) is 9.59 Å². The quantitative estimate of drug-likeness (QED) is 0.717. The second-order valence-corrected chi connectivity index (χ2v) is 8.48. The standard InChI is InChI=1S/C23H30N4O2/c1-4-12-26-20-11-6-5-9-17(20)18-13-24-27(23(29)22(18)26)14-21(28)25-19-10-7-8-15(2)16(19)3/h5-6,9,11,13,15-16,19H,4,7-8,10,12,14H2,1-3H3,(H,25,28)/t15-,16-,19+/m0/s1. The number of hydrogen-bond donors (Lipinski definition) is 1. The average molecular weight is 395 g/mol. The van der Waals surface area contributed by atoms with Crippen LogP contribution in [-0.4, -0.2) is 26.3 Å². The lowest BCUT2D eigenvalue weighted by atomic mass is 9.78. The number of nitrogens with one attached hydrogen (secondary N) is 1. The third-order valence-electron chi connectivity index (χ3n) is 6.57. The predicted molar refractivity (Wildman–Crippen MR) is 116 cm³/mol. The van der Waals surface area contributed by atoms with Crippen molar-refractivity contribution in [1.29, 1.82) is 0 Å². The number of carbonyl (C=O) groups excluding carboxylic acids is 1. The van der Waals surface area contributed by atoms with Gasteiger partial charge in [0.15, 0.2) is 0 Å². The zero-order chi connectivity index (χ0) is 20.5.